The SMILES string of the molecule is Cc1cc(C)c(NC(=O)CN(C)C(=O)C2(N)CCOCC2)c(C)c1.Cl. The number of ether oxygens (including phenoxy) is 1. The van der Waals surface area contributed by atoms with Gasteiger partial charge >= 0.3 is 0 Å². The van der Waals surface area contributed by atoms with Crippen LogP contribution in [0, 0.1) is 20.8 Å². The number of hydrogen-bond acceptors (Lipinski definition) is 4. The van der Waals surface area contributed by atoms with Gasteiger partial charge in [-0.1, -0.05) is 17.7 Å². The highest BCUT2D eigenvalue weighted by Gasteiger charge is 2.38. The third kappa shape index (κ3) is 5.17. The van der Waals surface area contributed by atoms with Gasteiger partial charge < -0.3 is 20.7 Å². The van der Waals surface area contributed by atoms with Gasteiger partial charge in [0, 0.05) is 25.9 Å². The topological polar surface area (TPSA) is 84.7 Å². The molecule has 0 atom stereocenters. The minimum Gasteiger partial charge on any atom is -0.381 e. The maximum atomic E-state index is 12.6. The van der Waals surface area contributed by atoms with Crippen LogP contribution in [0.15, 0.2) is 12.1 Å². The fraction of sp³-hybridized carbons (Fsp3) is 0.556. The molecule has 1 heterocycles. The van der Waals surface area contributed by atoms with E-state index < -0.39 is 5.54 Å². The Balaban J connectivity index is 0.00000312. The minimum atomic E-state index is -0.928. The highest BCUT2D eigenvalue weighted by Crippen LogP contribution is 2.22. The largest absolute Gasteiger partial charge is 0.381 e. The molecule has 0 aromatic heterocycles. The molecule has 7 heteroatoms. The van der Waals surface area contributed by atoms with Crippen molar-refractivity contribution in [1.82, 2.24) is 4.90 Å². The third-order valence-corrected chi connectivity index (χ3v) is 4.48. The Morgan fingerprint density at radius 1 is 1.20 bits per heavy atom. The minimum absolute atomic E-state index is 0. The monoisotopic (exact) mass is 369 g/mol. The van der Waals surface area contributed by atoms with Gasteiger partial charge in [-0.2, -0.15) is 0 Å². The lowest BCUT2D eigenvalue weighted by molar-refractivity contribution is -0.141. The van der Waals surface area contributed by atoms with Crippen molar-refractivity contribution in [2.24, 2.45) is 5.73 Å². The molecule has 1 aromatic carbocycles. The molecule has 0 aliphatic carbocycles. The first-order valence-electron chi connectivity index (χ1n) is 8.23. The normalized spacial score (nSPS) is 15.9. The molecule has 1 aliphatic rings. The number of nitrogens with one attached hydrogen (secondary N) is 1. The van der Waals surface area contributed by atoms with E-state index in [1.54, 1.807) is 7.05 Å². The number of aryl methyl sites for hydroxylation is 3. The van der Waals surface area contributed by atoms with Crippen molar-refractivity contribution < 1.29 is 14.3 Å². The van der Waals surface area contributed by atoms with Crippen molar-refractivity contribution in [3.63, 3.8) is 0 Å². The average molecular weight is 370 g/mol. The highest BCUT2D eigenvalue weighted by atomic mass is 35.5. The molecule has 2 amide bonds. The number of carbonyl (C=O) groups excluding carboxylic acids is 2. The lowest BCUT2D eigenvalue weighted by Gasteiger charge is -2.35. The van der Waals surface area contributed by atoms with E-state index in [4.69, 9.17) is 10.5 Å². The number of carbonyl (C=O) groups is 2. The summed E-state index contributed by atoms with van der Waals surface area (Å²) < 4.78 is 5.26. The number of nitrogens with two attached hydrogens (primary N) is 1. The first-order valence-corrected chi connectivity index (χ1v) is 8.23. The molecule has 0 spiro atoms. The Kier molecular flexibility index (Phi) is 7.41. The molecule has 140 valence electrons. The molecule has 1 aromatic rings. The average Bonchev–Trinajstić information content (AvgIpc) is 2.50. The van der Waals surface area contributed by atoms with Gasteiger partial charge in [-0.3, -0.25) is 9.59 Å². The smallest absolute Gasteiger partial charge is 0.243 e. The summed E-state index contributed by atoms with van der Waals surface area (Å²) in [6.07, 6.45) is 0.960. The Hall–Kier alpha value is -1.63. The van der Waals surface area contributed by atoms with E-state index in [9.17, 15) is 9.59 Å². The van der Waals surface area contributed by atoms with Crippen molar-refractivity contribution in [2.75, 3.05) is 32.1 Å². The van der Waals surface area contributed by atoms with Crippen LogP contribution in [0.1, 0.15) is 29.5 Å². The highest BCUT2D eigenvalue weighted by molar-refractivity contribution is 5.97. The van der Waals surface area contributed by atoms with E-state index in [-0.39, 0.29) is 30.8 Å². The third-order valence-electron chi connectivity index (χ3n) is 4.48. The summed E-state index contributed by atoms with van der Waals surface area (Å²) in [6, 6.07) is 4.04. The summed E-state index contributed by atoms with van der Waals surface area (Å²) in [7, 11) is 1.61. The van der Waals surface area contributed by atoms with Crippen molar-refractivity contribution in [3.05, 3.63) is 28.8 Å². The lowest BCUT2D eigenvalue weighted by atomic mass is 9.90. The number of halogens is 1. The molecular weight excluding hydrogens is 342 g/mol. The van der Waals surface area contributed by atoms with Crippen LogP contribution in [0.3, 0.4) is 0 Å². The van der Waals surface area contributed by atoms with E-state index >= 15 is 0 Å². The predicted octanol–water partition coefficient (Wildman–Crippen LogP) is 1.94. The summed E-state index contributed by atoms with van der Waals surface area (Å²) in [4.78, 5) is 26.3. The van der Waals surface area contributed by atoms with Crippen LogP contribution in [0.5, 0.6) is 0 Å². The van der Waals surface area contributed by atoms with Crippen LogP contribution in [0.4, 0.5) is 5.69 Å². The van der Waals surface area contributed by atoms with E-state index in [0.717, 1.165) is 22.4 Å². The Labute approximate surface area is 155 Å². The number of amides is 2. The van der Waals surface area contributed by atoms with Gasteiger partial charge in [-0.25, -0.2) is 0 Å². The maximum absolute atomic E-state index is 12.6. The van der Waals surface area contributed by atoms with Crippen LogP contribution >= 0.6 is 12.4 Å². The quantitative estimate of drug-likeness (QED) is 0.849. The molecule has 0 bridgehead atoms. The van der Waals surface area contributed by atoms with Crippen LogP contribution in [-0.4, -0.2) is 49.1 Å². The van der Waals surface area contributed by atoms with Gasteiger partial charge in [0.15, 0.2) is 0 Å². The number of hydrogen-bond donors (Lipinski definition) is 2. The molecule has 6 nitrogen and oxygen atoms in total. The lowest BCUT2D eigenvalue weighted by Crippen LogP contribution is -2.58. The molecular formula is C18H28ClN3O3. The van der Waals surface area contributed by atoms with Gasteiger partial charge in [0.05, 0.1) is 12.1 Å². The molecule has 1 fully saturated rings. The van der Waals surface area contributed by atoms with Crippen molar-refractivity contribution in [1.29, 1.82) is 0 Å². The van der Waals surface area contributed by atoms with Gasteiger partial charge in [0.25, 0.3) is 0 Å². The van der Waals surface area contributed by atoms with Crippen molar-refractivity contribution in [2.45, 2.75) is 39.2 Å². The van der Waals surface area contributed by atoms with Crippen LogP contribution in [0.2, 0.25) is 0 Å². The summed E-state index contributed by atoms with van der Waals surface area (Å²) in [5.41, 5.74) is 9.24. The molecule has 0 unspecified atom stereocenters. The summed E-state index contributed by atoms with van der Waals surface area (Å²) in [6.45, 7) is 6.87. The number of likely N-dealkylation sites (N-methyl/N-ethyl adjacent to an activating group) is 1. The van der Waals surface area contributed by atoms with Gasteiger partial charge in [-0.05, 0) is 44.7 Å². The van der Waals surface area contributed by atoms with Crippen LogP contribution < -0.4 is 11.1 Å². The molecule has 1 saturated heterocycles. The Morgan fingerprint density at radius 2 is 1.72 bits per heavy atom. The second-order valence-electron chi connectivity index (χ2n) is 6.75. The summed E-state index contributed by atoms with van der Waals surface area (Å²) in [5.74, 6) is -0.435. The molecule has 0 saturated carbocycles. The van der Waals surface area contributed by atoms with E-state index in [2.05, 4.69) is 5.32 Å². The van der Waals surface area contributed by atoms with Gasteiger partial charge in [0.1, 0.15) is 0 Å². The van der Waals surface area contributed by atoms with E-state index in [1.807, 2.05) is 32.9 Å². The summed E-state index contributed by atoms with van der Waals surface area (Å²) >= 11 is 0. The Bertz CT molecular complexity index is 619. The van der Waals surface area contributed by atoms with Gasteiger partial charge in [-0.15, -0.1) is 12.4 Å². The standard InChI is InChI=1S/C18H27N3O3.ClH/c1-12-9-13(2)16(14(3)10-12)20-15(22)11-21(4)17(23)18(19)5-7-24-8-6-18;/h9-10H,5-8,11,19H2,1-4H3,(H,20,22);1H. The van der Waals surface area contributed by atoms with Crippen molar-refractivity contribution >= 4 is 29.9 Å². The van der Waals surface area contributed by atoms with Crippen LogP contribution in [0.25, 0.3) is 0 Å². The Morgan fingerprint density at radius 3 is 2.24 bits per heavy atom. The van der Waals surface area contributed by atoms with E-state index in [0.29, 0.717) is 26.1 Å². The van der Waals surface area contributed by atoms with E-state index in [1.165, 1.54) is 4.90 Å². The number of nitrogens with zero attached hydrogens (tertiary/aromatic N) is 1. The predicted molar refractivity (Wildman–Crippen MR) is 101 cm³/mol. The van der Waals surface area contributed by atoms with Crippen molar-refractivity contribution in [3.8, 4) is 0 Å². The zero-order valence-corrected chi connectivity index (χ0v) is 16.2. The molecule has 2 rings (SSSR count). The maximum Gasteiger partial charge on any atom is 0.243 e. The van der Waals surface area contributed by atoms with Crippen LogP contribution in [-0.2, 0) is 14.3 Å². The first kappa shape index (κ1) is 21.4. The number of anilines is 1. The summed E-state index contributed by atoms with van der Waals surface area (Å²) in [5, 5.41) is 2.91. The fourth-order valence-electron chi connectivity index (χ4n) is 3.17. The number of rotatable bonds is 4. The fourth-order valence-corrected chi connectivity index (χ4v) is 3.17. The zero-order chi connectivity index (χ0) is 17.9. The second-order valence-corrected chi connectivity index (χ2v) is 6.75. The molecule has 0 radical (unpaired) electrons. The second kappa shape index (κ2) is 8.65. The molecule has 3 N–H and O–H groups in total. The molecule has 1 aliphatic heterocycles. The first-order chi connectivity index (χ1) is 11.2. The van der Waals surface area contributed by atoms with Gasteiger partial charge in [0.2, 0.25) is 11.8 Å². The number of benzene rings is 1. The molecule has 25 heavy (non-hydrogen) atoms. The zero-order valence-electron chi connectivity index (χ0n) is 15.3.